The number of anilines is 1. The predicted molar refractivity (Wildman–Crippen MR) is 139 cm³/mol. The number of benzene rings is 2. The van der Waals surface area contributed by atoms with Gasteiger partial charge in [-0.15, -0.1) is 0 Å². The van der Waals surface area contributed by atoms with Crippen LogP contribution in [0.3, 0.4) is 0 Å². The van der Waals surface area contributed by atoms with Gasteiger partial charge in [0.05, 0.1) is 22.6 Å². The Labute approximate surface area is 213 Å². The molecule has 7 rings (SSSR count). The van der Waals surface area contributed by atoms with Gasteiger partial charge >= 0.3 is 0 Å². The van der Waals surface area contributed by atoms with E-state index in [-0.39, 0.29) is 17.6 Å². The molecule has 0 atom stereocenters. The zero-order valence-corrected chi connectivity index (χ0v) is 20.6. The summed E-state index contributed by atoms with van der Waals surface area (Å²) in [6, 6.07) is 11.7. The third kappa shape index (κ3) is 4.22. The number of ether oxygens (including phenoxy) is 1. The average molecular weight is 500 g/mol. The van der Waals surface area contributed by atoms with Crippen LogP contribution in [0.1, 0.15) is 43.4 Å². The zero-order valence-electron chi connectivity index (χ0n) is 20.6. The molecule has 3 heterocycles. The molecular weight excluding hydrogens is 470 g/mol. The molecule has 190 valence electrons. The first-order valence-corrected chi connectivity index (χ1v) is 13.2. The summed E-state index contributed by atoms with van der Waals surface area (Å²) >= 11 is 0. The first-order valence-electron chi connectivity index (χ1n) is 13.2. The summed E-state index contributed by atoms with van der Waals surface area (Å²) in [6.45, 7) is 2.89. The summed E-state index contributed by atoms with van der Waals surface area (Å²) in [5.41, 5.74) is 2.36. The van der Waals surface area contributed by atoms with Crippen LogP contribution in [0.2, 0.25) is 0 Å². The number of aromatic amines is 1. The smallest absolute Gasteiger partial charge is 0.272 e. The molecule has 0 bridgehead atoms. The fourth-order valence-corrected chi connectivity index (χ4v) is 5.32. The highest BCUT2D eigenvalue weighted by Crippen LogP contribution is 2.33. The van der Waals surface area contributed by atoms with Gasteiger partial charge in [-0.25, -0.2) is 5.10 Å². The summed E-state index contributed by atoms with van der Waals surface area (Å²) < 4.78 is 11.7. The molecule has 2 aromatic heterocycles. The lowest BCUT2D eigenvalue weighted by molar-refractivity contribution is -0.132. The van der Waals surface area contributed by atoms with E-state index in [0.717, 1.165) is 78.0 Å². The molecule has 1 saturated heterocycles. The zero-order chi connectivity index (χ0) is 24.9. The Balaban J connectivity index is 1.15. The molecule has 1 N–H and O–H groups in total. The molecule has 0 unspecified atom stereocenters. The molecule has 9 nitrogen and oxygen atoms in total. The Bertz CT molecular complexity index is 1540. The summed E-state index contributed by atoms with van der Waals surface area (Å²) in [7, 11) is 0. The standard InChI is InChI=1S/C28H29N5O4/c34-27-21-8-7-20(36-19-2-1-3-19)16-22(21)24(29-30-27)15-17-4-9-25-23(14-17)26(31-37-25)32-10-12-33(13-11-32)28(35)18-5-6-18/h4,7-9,14,16,18-19H,1-3,5-6,10-13,15H2,(H,30,34). The first-order chi connectivity index (χ1) is 18.1. The van der Waals surface area contributed by atoms with E-state index in [1.165, 1.54) is 6.42 Å². The summed E-state index contributed by atoms with van der Waals surface area (Å²) in [4.78, 5) is 29.1. The lowest BCUT2D eigenvalue weighted by Crippen LogP contribution is -2.49. The van der Waals surface area contributed by atoms with Gasteiger partial charge in [0.2, 0.25) is 5.91 Å². The van der Waals surface area contributed by atoms with Crippen molar-refractivity contribution in [3.63, 3.8) is 0 Å². The number of hydrogen-bond acceptors (Lipinski definition) is 7. The molecule has 2 aromatic carbocycles. The second kappa shape index (κ2) is 8.90. The van der Waals surface area contributed by atoms with E-state index in [2.05, 4.69) is 26.3 Å². The topological polar surface area (TPSA) is 105 Å². The minimum atomic E-state index is -0.204. The Hall–Kier alpha value is -3.88. The van der Waals surface area contributed by atoms with Crippen molar-refractivity contribution in [1.29, 1.82) is 0 Å². The normalized spacial score (nSPS) is 18.4. The Morgan fingerprint density at radius 3 is 2.59 bits per heavy atom. The molecule has 2 aliphatic carbocycles. The van der Waals surface area contributed by atoms with Crippen LogP contribution in [0.4, 0.5) is 5.82 Å². The van der Waals surface area contributed by atoms with E-state index in [1.54, 1.807) is 0 Å². The molecule has 1 amide bonds. The monoisotopic (exact) mass is 499 g/mol. The maximum Gasteiger partial charge on any atom is 0.272 e. The van der Waals surface area contributed by atoms with Gasteiger partial charge in [0.15, 0.2) is 11.4 Å². The molecule has 2 saturated carbocycles. The largest absolute Gasteiger partial charge is 0.490 e. The number of carbonyl (C=O) groups is 1. The lowest BCUT2D eigenvalue weighted by Gasteiger charge is -2.34. The SMILES string of the molecule is O=C(C1CC1)N1CCN(c2noc3ccc(Cc4n[nH]c(=O)c5ccc(OC6CCC6)cc45)cc23)CC1. The molecule has 9 heteroatoms. The minimum Gasteiger partial charge on any atom is -0.490 e. The van der Waals surface area contributed by atoms with E-state index in [9.17, 15) is 9.59 Å². The fraction of sp³-hybridized carbons (Fsp3) is 0.429. The lowest BCUT2D eigenvalue weighted by atomic mass is 9.96. The van der Waals surface area contributed by atoms with Gasteiger partial charge in [-0.3, -0.25) is 9.59 Å². The van der Waals surface area contributed by atoms with Crippen molar-refractivity contribution < 1.29 is 14.1 Å². The molecule has 4 aromatic rings. The van der Waals surface area contributed by atoms with Crippen LogP contribution in [0, 0.1) is 5.92 Å². The highest BCUT2D eigenvalue weighted by Gasteiger charge is 2.35. The van der Waals surface area contributed by atoms with E-state index in [4.69, 9.17) is 9.26 Å². The van der Waals surface area contributed by atoms with Crippen LogP contribution in [0.25, 0.3) is 21.7 Å². The number of H-pyrrole nitrogens is 1. The van der Waals surface area contributed by atoms with Crippen LogP contribution >= 0.6 is 0 Å². The number of rotatable bonds is 6. The van der Waals surface area contributed by atoms with Crippen LogP contribution in [-0.4, -0.2) is 58.4 Å². The highest BCUT2D eigenvalue weighted by molar-refractivity contribution is 5.90. The highest BCUT2D eigenvalue weighted by atomic mass is 16.5. The van der Waals surface area contributed by atoms with Gasteiger partial charge in [-0.1, -0.05) is 11.2 Å². The van der Waals surface area contributed by atoms with Crippen molar-refractivity contribution in [3.05, 3.63) is 58.0 Å². The second-order valence-corrected chi connectivity index (χ2v) is 10.5. The predicted octanol–water partition coefficient (Wildman–Crippen LogP) is 3.65. The van der Waals surface area contributed by atoms with Crippen molar-refractivity contribution in [3.8, 4) is 5.75 Å². The third-order valence-corrected chi connectivity index (χ3v) is 7.90. The van der Waals surface area contributed by atoms with Gasteiger partial charge in [0.1, 0.15) is 5.75 Å². The quantitative estimate of drug-likeness (QED) is 0.432. The maximum absolute atomic E-state index is 12.4. The molecule has 1 aliphatic heterocycles. The van der Waals surface area contributed by atoms with Gasteiger partial charge in [-0.05, 0) is 68.0 Å². The Kier molecular flexibility index (Phi) is 5.37. The van der Waals surface area contributed by atoms with Gasteiger partial charge < -0.3 is 19.1 Å². The van der Waals surface area contributed by atoms with E-state index >= 15 is 0 Å². The van der Waals surface area contributed by atoms with Crippen molar-refractivity contribution in [1.82, 2.24) is 20.3 Å². The maximum atomic E-state index is 12.4. The molecule has 37 heavy (non-hydrogen) atoms. The van der Waals surface area contributed by atoms with Crippen LogP contribution in [-0.2, 0) is 11.2 Å². The van der Waals surface area contributed by atoms with Gasteiger partial charge in [-0.2, -0.15) is 5.10 Å². The number of nitrogens with one attached hydrogen (secondary N) is 1. The number of nitrogens with zero attached hydrogens (tertiary/aromatic N) is 4. The van der Waals surface area contributed by atoms with Gasteiger partial charge in [0, 0.05) is 43.9 Å². The molecular formula is C28H29N5O4. The van der Waals surface area contributed by atoms with Crippen molar-refractivity contribution in [2.45, 2.75) is 44.6 Å². The third-order valence-electron chi connectivity index (χ3n) is 7.90. The van der Waals surface area contributed by atoms with Crippen molar-refractivity contribution >= 4 is 33.5 Å². The molecule has 3 fully saturated rings. The summed E-state index contributed by atoms with van der Waals surface area (Å²) in [5, 5.41) is 13.8. The van der Waals surface area contributed by atoms with Crippen LogP contribution in [0.5, 0.6) is 5.75 Å². The Morgan fingerprint density at radius 1 is 1.00 bits per heavy atom. The summed E-state index contributed by atoms with van der Waals surface area (Å²) in [5.74, 6) is 2.14. The van der Waals surface area contributed by atoms with Crippen molar-refractivity contribution in [2.24, 2.45) is 5.92 Å². The Morgan fingerprint density at radius 2 is 1.84 bits per heavy atom. The average Bonchev–Trinajstić information content (AvgIpc) is 3.67. The number of amides is 1. The van der Waals surface area contributed by atoms with E-state index in [0.29, 0.717) is 30.8 Å². The van der Waals surface area contributed by atoms with Gasteiger partial charge in [0.25, 0.3) is 5.56 Å². The van der Waals surface area contributed by atoms with E-state index < -0.39 is 0 Å². The van der Waals surface area contributed by atoms with Crippen molar-refractivity contribution in [2.75, 3.05) is 31.1 Å². The molecule has 3 aliphatic rings. The first kappa shape index (κ1) is 22.3. The molecule has 0 spiro atoms. The number of aromatic nitrogens is 3. The molecule has 0 radical (unpaired) electrons. The number of piperazine rings is 1. The summed E-state index contributed by atoms with van der Waals surface area (Å²) in [6.07, 6.45) is 6.22. The van der Waals surface area contributed by atoms with Crippen LogP contribution in [0.15, 0.2) is 45.7 Å². The number of hydrogen-bond donors (Lipinski definition) is 1. The number of carbonyl (C=O) groups excluding carboxylic acids is 1. The second-order valence-electron chi connectivity index (χ2n) is 10.5. The van der Waals surface area contributed by atoms with E-state index in [1.807, 2.05) is 35.2 Å². The number of fused-ring (bicyclic) bond motifs is 2. The fourth-order valence-electron chi connectivity index (χ4n) is 5.32. The van der Waals surface area contributed by atoms with Crippen LogP contribution < -0.4 is 15.2 Å². The minimum absolute atomic E-state index is 0.204.